The van der Waals surface area contributed by atoms with E-state index in [2.05, 4.69) is 38.1 Å². The van der Waals surface area contributed by atoms with Gasteiger partial charge in [0.25, 0.3) is 0 Å². The molecule has 0 aromatic heterocycles. The molecule has 15 heavy (non-hydrogen) atoms. The Balaban J connectivity index is 2.54. The average Bonchev–Trinajstić information content (AvgIpc) is 2.27. The summed E-state index contributed by atoms with van der Waals surface area (Å²) in [5.41, 5.74) is 7.37. The fourth-order valence-corrected chi connectivity index (χ4v) is 2.23. The number of unbranched alkanes of at least 4 members (excludes halogenated alkanes) is 1. The Labute approximate surface area is 97.4 Å². The summed E-state index contributed by atoms with van der Waals surface area (Å²) in [6, 6.07) is 8.90. The third kappa shape index (κ3) is 4.27. The van der Waals surface area contributed by atoms with Gasteiger partial charge in [-0.05, 0) is 29.9 Å². The summed E-state index contributed by atoms with van der Waals surface area (Å²) in [4.78, 5) is 1.34. The van der Waals surface area contributed by atoms with Crippen molar-refractivity contribution in [3.8, 4) is 0 Å². The molecule has 1 aromatic carbocycles. The van der Waals surface area contributed by atoms with Gasteiger partial charge < -0.3 is 5.73 Å². The van der Waals surface area contributed by atoms with Gasteiger partial charge in [-0.1, -0.05) is 38.8 Å². The third-order valence-corrected chi connectivity index (χ3v) is 3.38. The summed E-state index contributed by atoms with van der Waals surface area (Å²) < 4.78 is 0. The van der Waals surface area contributed by atoms with Crippen LogP contribution in [0, 0.1) is 0 Å². The van der Waals surface area contributed by atoms with Crippen molar-refractivity contribution in [2.24, 2.45) is 5.73 Å². The molecule has 0 spiro atoms. The molecule has 1 atom stereocenters. The van der Waals surface area contributed by atoms with E-state index in [0.717, 1.165) is 12.2 Å². The van der Waals surface area contributed by atoms with Crippen molar-refractivity contribution < 1.29 is 0 Å². The lowest BCUT2D eigenvalue weighted by molar-refractivity contribution is 0.603. The molecule has 0 amide bonds. The van der Waals surface area contributed by atoms with Crippen molar-refractivity contribution >= 4 is 11.8 Å². The van der Waals surface area contributed by atoms with Crippen LogP contribution in [0.4, 0.5) is 0 Å². The van der Waals surface area contributed by atoms with E-state index in [1.54, 1.807) is 0 Å². The second kappa shape index (κ2) is 6.91. The highest BCUT2D eigenvalue weighted by atomic mass is 32.2. The number of nitrogens with two attached hydrogens (primary N) is 1. The van der Waals surface area contributed by atoms with Gasteiger partial charge in [0, 0.05) is 10.9 Å². The molecular weight excluding hydrogens is 202 g/mol. The van der Waals surface area contributed by atoms with Crippen molar-refractivity contribution in [3.05, 3.63) is 29.8 Å². The molecule has 2 N–H and O–H groups in total. The zero-order valence-corrected chi connectivity index (χ0v) is 10.5. The van der Waals surface area contributed by atoms with Crippen LogP contribution in [0.25, 0.3) is 0 Å². The summed E-state index contributed by atoms with van der Waals surface area (Å²) >= 11 is 1.87. The molecule has 0 aliphatic carbocycles. The van der Waals surface area contributed by atoms with E-state index in [1.165, 1.54) is 23.3 Å². The number of rotatable bonds is 6. The van der Waals surface area contributed by atoms with Crippen molar-refractivity contribution in [3.63, 3.8) is 0 Å². The van der Waals surface area contributed by atoms with Crippen LogP contribution >= 0.6 is 11.8 Å². The normalized spacial score (nSPS) is 12.7. The highest BCUT2D eigenvalue weighted by Gasteiger charge is 2.04. The van der Waals surface area contributed by atoms with Gasteiger partial charge >= 0.3 is 0 Å². The quantitative estimate of drug-likeness (QED) is 0.738. The Morgan fingerprint density at radius 1 is 1.20 bits per heavy atom. The first-order valence-corrected chi connectivity index (χ1v) is 6.74. The van der Waals surface area contributed by atoms with Gasteiger partial charge in [-0.3, -0.25) is 0 Å². The minimum Gasteiger partial charge on any atom is -0.324 e. The molecule has 0 saturated carbocycles. The van der Waals surface area contributed by atoms with Crippen molar-refractivity contribution in [2.45, 2.75) is 44.0 Å². The molecule has 0 bridgehead atoms. The highest BCUT2D eigenvalue weighted by molar-refractivity contribution is 7.99. The minimum absolute atomic E-state index is 0.214. The van der Waals surface area contributed by atoms with Crippen LogP contribution < -0.4 is 5.73 Å². The van der Waals surface area contributed by atoms with Crippen LogP contribution in [0.1, 0.15) is 44.7 Å². The molecule has 0 heterocycles. The second-order valence-corrected chi connectivity index (χ2v) is 5.09. The Morgan fingerprint density at radius 2 is 1.87 bits per heavy atom. The zero-order chi connectivity index (χ0) is 11.1. The Bertz CT molecular complexity index is 268. The van der Waals surface area contributed by atoms with Gasteiger partial charge in [-0.2, -0.15) is 0 Å². The van der Waals surface area contributed by atoms with E-state index in [-0.39, 0.29) is 6.04 Å². The molecule has 1 rings (SSSR count). The summed E-state index contributed by atoms with van der Waals surface area (Å²) in [5.74, 6) is 1.13. The molecule has 0 unspecified atom stereocenters. The maximum absolute atomic E-state index is 6.10. The van der Waals surface area contributed by atoms with E-state index >= 15 is 0 Å². The standard InChI is InChI=1S/C13H21NS/c1-3-5-6-13(14)11-7-9-12(10-8-11)15-4-2/h7-10,13H,3-6,14H2,1-2H3/t13-/m1/s1. The first-order chi connectivity index (χ1) is 7.27. The highest BCUT2D eigenvalue weighted by Crippen LogP contribution is 2.22. The van der Waals surface area contributed by atoms with Crippen LogP contribution in [0.15, 0.2) is 29.2 Å². The van der Waals surface area contributed by atoms with Crippen LogP contribution in [0.3, 0.4) is 0 Å². The fourth-order valence-electron chi connectivity index (χ4n) is 1.57. The summed E-state index contributed by atoms with van der Waals surface area (Å²) in [7, 11) is 0. The first-order valence-electron chi connectivity index (χ1n) is 5.76. The smallest absolute Gasteiger partial charge is 0.0294 e. The van der Waals surface area contributed by atoms with Crippen molar-refractivity contribution in [1.29, 1.82) is 0 Å². The van der Waals surface area contributed by atoms with Crippen LogP contribution in [-0.2, 0) is 0 Å². The second-order valence-electron chi connectivity index (χ2n) is 3.75. The average molecular weight is 223 g/mol. The van der Waals surface area contributed by atoms with E-state index in [9.17, 15) is 0 Å². The fraction of sp³-hybridized carbons (Fsp3) is 0.538. The van der Waals surface area contributed by atoms with E-state index < -0.39 is 0 Å². The Kier molecular flexibility index (Phi) is 5.81. The molecule has 84 valence electrons. The SMILES string of the molecule is CCCC[C@@H](N)c1ccc(SCC)cc1. The van der Waals surface area contributed by atoms with Gasteiger partial charge in [0.1, 0.15) is 0 Å². The van der Waals surface area contributed by atoms with Crippen LogP contribution in [0.2, 0.25) is 0 Å². The third-order valence-electron chi connectivity index (χ3n) is 2.49. The summed E-state index contributed by atoms with van der Waals surface area (Å²) in [6.45, 7) is 4.37. The largest absolute Gasteiger partial charge is 0.324 e. The Morgan fingerprint density at radius 3 is 2.40 bits per heavy atom. The summed E-state index contributed by atoms with van der Waals surface area (Å²) in [6.07, 6.45) is 3.53. The maximum atomic E-state index is 6.10. The van der Waals surface area contributed by atoms with Gasteiger partial charge in [0.15, 0.2) is 0 Å². The van der Waals surface area contributed by atoms with Crippen LogP contribution in [0.5, 0.6) is 0 Å². The van der Waals surface area contributed by atoms with Crippen molar-refractivity contribution in [2.75, 3.05) is 5.75 Å². The van der Waals surface area contributed by atoms with Gasteiger partial charge in [0.2, 0.25) is 0 Å². The molecule has 1 aromatic rings. The molecule has 0 radical (unpaired) electrons. The lowest BCUT2D eigenvalue weighted by Gasteiger charge is -2.11. The molecule has 2 heteroatoms. The van der Waals surface area contributed by atoms with Gasteiger partial charge in [0.05, 0.1) is 0 Å². The summed E-state index contributed by atoms with van der Waals surface area (Å²) in [5, 5.41) is 0. The molecular formula is C13H21NS. The van der Waals surface area contributed by atoms with E-state index in [1.807, 2.05) is 11.8 Å². The van der Waals surface area contributed by atoms with Gasteiger partial charge in [-0.25, -0.2) is 0 Å². The molecule has 1 nitrogen and oxygen atoms in total. The molecule has 0 aliphatic heterocycles. The van der Waals surface area contributed by atoms with E-state index in [0.29, 0.717) is 0 Å². The molecule has 0 aliphatic rings. The molecule has 0 fully saturated rings. The maximum Gasteiger partial charge on any atom is 0.0294 e. The Hall–Kier alpha value is -0.470. The topological polar surface area (TPSA) is 26.0 Å². The minimum atomic E-state index is 0.214. The lowest BCUT2D eigenvalue weighted by atomic mass is 10.0. The number of thioether (sulfide) groups is 1. The number of hydrogen-bond acceptors (Lipinski definition) is 2. The zero-order valence-electron chi connectivity index (χ0n) is 9.70. The molecule has 0 saturated heterocycles. The predicted octanol–water partition coefficient (Wildman–Crippen LogP) is 3.99. The first kappa shape index (κ1) is 12.6. The van der Waals surface area contributed by atoms with Crippen molar-refractivity contribution in [1.82, 2.24) is 0 Å². The monoisotopic (exact) mass is 223 g/mol. The predicted molar refractivity (Wildman–Crippen MR) is 69.3 cm³/mol. The van der Waals surface area contributed by atoms with Gasteiger partial charge in [-0.15, -0.1) is 11.8 Å². The number of hydrogen-bond donors (Lipinski definition) is 1. The van der Waals surface area contributed by atoms with E-state index in [4.69, 9.17) is 5.73 Å². The lowest BCUT2D eigenvalue weighted by Crippen LogP contribution is -2.09. The number of benzene rings is 1. The van der Waals surface area contributed by atoms with Crippen LogP contribution in [-0.4, -0.2) is 5.75 Å².